The van der Waals surface area contributed by atoms with Crippen molar-refractivity contribution >= 4 is 21.5 Å². The van der Waals surface area contributed by atoms with Crippen molar-refractivity contribution in [1.82, 2.24) is 0 Å². The van der Waals surface area contributed by atoms with Crippen LogP contribution in [-0.4, -0.2) is 0 Å². The van der Waals surface area contributed by atoms with Crippen LogP contribution in [0.5, 0.6) is 11.5 Å². The Balaban J connectivity index is 1.27. The molecule has 1 spiro atoms. The van der Waals surface area contributed by atoms with Gasteiger partial charge < -0.3 is 4.74 Å². The summed E-state index contributed by atoms with van der Waals surface area (Å²) in [6.07, 6.45) is 0. The van der Waals surface area contributed by atoms with E-state index < -0.39 is 5.41 Å². The normalized spacial score (nSPS) is 16.1. The Morgan fingerprint density at radius 3 is 1.67 bits per heavy atom. The predicted molar refractivity (Wildman–Crippen MR) is 189 cm³/mol. The smallest absolute Gasteiger partial charge is 0.135 e. The number of benzene rings is 8. The average Bonchev–Trinajstić information content (AvgIpc) is 3.42. The maximum atomic E-state index is 6.52. The van der Waals surface area contributed by atoms with Gasteiger partial charge in [0, 0.05) is 10.9 Å². The lowest BCUT2D eigenvalue weighted by Gasteiger charge is -2.41. The molecule has 1 atom stereocenters. The molecule has 46 heavy (non-hydrogen) atoms. The number of rotatable bonds is 1. The van der Waals surface area contributed by atoms with Gasteiger partial charge in [0.25, 0.3) is 0 Å². The molecule has 0 fully saturated rings. The van der Waals surface area contributed by atoms with Crippen LogP contribution < -0.4 is 4.74 Å². The van der Waals surface area contributed by atoms with Crippen molar-refractivity contribution in [3.8, 4) is 56.0 Å². The largest absolute Gasteiger partial charge is 0.456 e. The van der Waals surface area contributed by atoms with Crippen LogP contribution in [-0.2, 0) is 5.41 Å². The summed E-state index contributed by atoms with van der Waals surface area (Å²) < 4.78 is 6.52. The lowest BCUT2D eigenvalue weighted by atomic mass is 9.60. The Morgan fingerprint density at radius 1 is 0.348 bits per heavy atom. The molecule has 8 aromatic carbocycles. The van der Waals surface area contributed by atoms with Crippen LogP contribution in [0.3, 0.4) is 0 Å². The Labute approximate surface area is 267 Å². The number of fused-ring (bicyclic) bond motifs is 11. The topological polar surface area (TPSA) is 9.23 Å². The van der Waals surface area contributed by atoms with Gasteiger partial charge in [-0.1, -0.05) is 140 Å². The van der Waals surface area contributed by atoms with E-state index >= 15 is 0 Å². The number of hydrogen-bond acceptors (Lipinski definition) is 1. The van der Waals surface area contributed by atoms with E-state index in [-0.39, 0.29) is 0 Å². The summed E-state index contributed by atoms with van der Waals surface area (Å²) in [4.78, 5) is 0. The van der Waals surface area contributed by atoms with Crippen LogP contribution >= 0.6 is 0 Å². The first-order valence-corrected chi connectivity index (χ1v) is 16.0. The zero-order valence-corrected chi connectivity index (χ0v) is 24.9. The second kappa shape index (κ2) is 8.62. The molecule has 0 N–H and O–H groups in total. The average molecular weight is 583 g/mol. The maximum absolute atomic E-state index is 6.52. The zero-order valence-electron chi connectivity index (χ0n) is 24.9. The van der Waals surface area contributed by atoms with E-state index in [1.807, 2.05) is 0 Å². The number of ether oxygens (including phenoxy) is 1. The Kier molecular flexibility index (Phi) is 4.57. The zero-order chi connectivity index (χ0) is 30.0. The Hall–Kier alpha value is -5.92. The first-order chi connectivity index (χ1) is 22.8. The van der Waals surface area contributed by atoms with Crippen molar-refractivity contribution in [3.63, 3.8) is 0 Å². The van der Waals surface area contributed by atoms with Crippen molar-refractivity contribution < 1.29 is 4.74 Å². The number of hydrogen-bond donors (Lipinski definition) is 0. The van der Waals surface area contributed by atoms with E-state index in [1.54, 1.807) is 0 Å². The summed E-state index contributed by atoms with van der Waals surface area (Å²) in [5, 5.41) is 5.02. The fourth-order valence-corrected chi connectivity index (χ4v) is 8.96. The van der Waals surface area contributed by atoms with Gasteiger partial charge in [0.1, 0.15) is 11.5 Å². The van der Waals surface area contributed by atoms with Crippen LogP contribution in [0.4, 0.5) is 0 Å². The Morgan fingerprint density at radius 2 is 0.891 bits per heavy atom. The third-order valence-corrected chi connectivity index (χ3v) is 10.7. The lowest BCUT2D eigenvalue weighted by Crippen LogP contribution is -2.32. The standard InChI is InChI=1S/C45H26O/c1-3-20-37-31(14-1)33-17-5-10-27-12-7-22-39(42(27)33)45(37)38-21-4-2-15-32(38)35-19-9-16-30(44(35)45)29-24-25-40-36(26-29)34-18-6-11-28-13-8-23-41(46-40)43(28)34/h1-26H. The molecule has 0 saturated heterocycles. The molecule has 1 aliphatic heterocycles. The highest BCUT2D eigenvalue weighted by Crippen LogP contribution is 2.63. The Bertz CT molecular complexity index is 2610. The minimum Gasteiger partial charge on any atom is -0.456 e. The fourth-order valence-electron chi connectivity index (χ4n) is 8.96. The molecular formula is C45H26O. The van der Waals surface area contributed by atoms with Crippen LogP contribution in [0.1, 0.15) is 22.3 Å². The van der Waals surface area contributed by atoms with Crippen molar-refractivity contribution in [2.45, 2.75) is 5.41 Å². The maximum Gasteiger partial charge on any atom is 0.135 e. The molecule has 3 aliphatic rings. The summed E-state index contributed by atoms with van der Waals surface area (Å²) >= 11 is 0. The third kappa shape index (κ3) is 2.87. The minimum atomic E-state index is -0.466. The molecule has 0 aromatic heterocycles. The van der Waals surface area contributed by atoms with Gasteiger partial charge in [0.2, 0.25) is 0 Å². The molecule has 0 radical (unpaired) electrons. The quantitative estimate of drug-likeness (QED) is 0.187. The highest BCUT2D eigenvalue weighted by Gasteiger charge is 2.51. The van der Waals surface area contributed by atoms with Gasteiger partial charge in [-0.25, -0.2) is 0 Å². The van der Waals surface area contributed by atoms with Crippen LogP contribution in [0, 0.1) is 0 Å². The van der Waals surface area contributed by atoms with Crippen molar-refractivity contribution in [2.75, 3.05) is 0 Å². The second-order valence-electron chi connectivity index (χ2n) is 12.8. The molecule has 8 aromatic rings. The van der Waals surface area contributed by atoms with E-state index in [1.165, 1.54) is 82.7 Å². The summed E-state index contributed by atoms with van der Waals surface area (Å²) in [5.41, 5.74) is 15.0. The van der Waals surface area contributed by atoms with Gasteiger partial charge in [0.15, 0.2) is 0 Å². The van der Waals surface area contributed by atoms with Crippen LogP contribution in [0.25, 0.3) is 66.1 Å². The second-order valence-corrected chi connectivity index (χ2v) is 12.8. The minimum absolute atomic E-state index is 0.466. The molecule has 1 heteroatoms. The van der Waals surface area contributed by atoms with Gasteiger partial charge in [-0.05, 0) is 95.6 Å². The molecule has 0 amide bonds. The SMILES string of the molecule is c1ccc2c(c1)-c1cccc(-c3ccc4c(c3)-c3cccc5cccc(c35)O4)c1C21c2ccccc2-c2cccc3cccc1c23. The fraction of sp³-hybridized carbons (Fsp3) is 0.0222. The van der Waals surface area contributed by atoms with E-state index in [0.717, 1.165) is 17.1 Å². The van der Waals surface area contributed by atoms with Crippen LogP contribution in [0.2, 0.25) is 0 Å². The summed E-state index contributed by atoms with van der Waals surface area (Å²) in [7, 11) is 0. The van der Waals surface area contributed by atoms with Gasteiger partial charge in [-0.3, -0.25) is 0 Å². The first kappa shape index (κ1) is 24.4. The van der Waals surface area contributed by atoms with Crippen molar-refractivity contribution in [2.24, 2.45) is 0 Å². The molecule has 1 heterocycles. The molecule has 1 nitrogen and oxygen atoms in total. The predicted octanol–water partition coefficient (Wildman–Crippen LogP) is 11.8. The monoisotopic (exact) mass is 582 g/mol. The lowest BCUT2D eigenvalue weighted by molar-refractivity contribution is 0.487. The highest BCUT2D eigenvalue weighted by atomic mass is 16.5. The molecule has 0 bridgehead atoms. The van der Waals surface area contributed by atoms with E-state index in [4.69, 9.17) is 4.74 Å². The molecule has 11 rings (SSSR count). The molecule has 0 saturated carbocycles. The van der Waals surface area contributed by atoms with E-state index in [9.17, 15) is 0 Å². The van der Waals surface area contributed by atoms with Gasteiger partial charge >= 0.3 is 0 Å². The molecule has 212 valence electrons. The molecular weight excluding hydrogens is 556 g/mol. The summed E-state index contributed by atoms with van der Waals surface area (Å²) in [6, 6.07) is 58.4. The van der Waals surface area contributed by atoms with E-state index in [2.05, 4.69) is 158 Å². The van der Waals surface area contributed by atoms with Crippen molar-refractivity contribution in [1.29, 1.82) is 0 Å². The van der Waals surface area contributed by atoms with E-state index in [0.29, 0.717) is 0 Å². The van der Waals surface area contributed by atoms with Gasteiger partial charge in [-0.2, -0.15) is 0 Å². The summed E-state index contributed by atoms with van der Waals surface area (Å²) in [6.45, 7) is 0. The van der Waals surface area contributed by atoms with Gasteiger partial charge in [-0.15, -0.1) is 0 Å². The van der Waals surface area contributed by atoms with Crippen molar-refractivity contribution in [3.05, 3.63) is 180 Å². The van der Waals surface area contributed by atoms with Crippen LogP contribution in [0.15, 0.2) is 158 Å². The first-order valence-electron chi connectivity index (χ1n) is 16.0. The van der Waals surface area contributed by atoms with Gasteiger partial charge in [0.05, 0.1) is 5.41 Å². The summed E-state index contributed by atoms with van der Waals surface area (Å²) in [5.74, 6) is 1.83. The highest BCUT2D eigenvalue weighted by molar-refractivity contribution is 6.09. The molecule has 1 unspecified atom stereocenters. The molecule has 2 aliphatic carbocycles. The third-order valence-electron chi connectivity index (χ3n) is 10.7.